The van der Waals surface area contributed by atoms with Gasteiger partial charge in [0.2, 0.25) is 11.9 Å². The van der Waals surface area contributed by atoms with E-state index in [1.807, 2.05) is 13.0 Å². The number of carbonyl (C=O) groups excluding carboxylic acids is 1. The number of nitrogens with one attached hydrogen (secondary N) is 1. The Kier molecular flexibility index (Phi) is 4.36. The molecule has 1 aliphatic heterocycles. The van der Waals surface area contributed by atoms with Gasteiger partial charge >= 0.3 is 0 Å². The number of rotatable bonds is 3. The van der Waals surface area contributed by atoms with Crippen LogP contribution in [0.25, 0.3) is 0 Å². The highest BCUT2D eigenvalue weighted by atomic mass is 16.1. The van der Waals surface area contributed by atoms with Gasteiger partial charge < -0.3 is 10.2 Å². The van der Waals surface area contributed by atoms with Crippen LogP contribution in [0, 0.1) is 12.8 Å². The highest BCUT2D eigenvalue weighted by Gasteiger charge is 2.28. The summed E-state index contributed by atoms with van der Waals surface area (Å²) in [5.74, 6) is 1.21. The number of hydrogen-bond donors (Lipinski definition) is 1. The molecule has 114 valence electrons. The highest BCUT2D eigenvalue weighted by molar-refractivity contribution is 5.79. The van der Waals surface area contributed by atoms with Crippen molar-refractivity contribution >= 4 is 11.9 Å². The fourth-order valence-electron chi connectivity index (χ4n) is 3.32. The number of hydrogen-bond acceptors (Lipinski definition) is 4. The molecular formula is C16H24N4O. The van der Waals surface area contributed by atoms with Crippen LogP contribution in [0.15, 0.2) is 12.3 Å². The third-order valence-corrected chi connectivity index (χ3v) is 4.63. The number of amides is 1. The molecule has 0 radical (unpaired) electrons. The minimum atomic E-state index is 0.159. The fourth-order valence-corrected chi connectivity index (χ4v) is 3.32. The van der Waals surface area contributed by atoms with Crippen molar-refractivity contribution in [3.63, 3.8) is 0 Å². The monoisotopic (exact) mass is 288 g/mol. The molecule has 0 bridgehead atoms. The first-order valence-electron chi connectivity index (χ1n) is 8.07. The van der Waals surface area contributed by atoms with E-state index in [9.17, 15) is 4.79 Å². The van der Waals surface area contributed by atoms with Crippen LogP contribution in [0.3, 0.4) is 0 Å². The van der Waals surface area contributed by atoms with E-state index in [0.29, 0.717) is 6.04 Å². The lowest BCUT2D eigenvalue weighted by Crippen LogP contribution is -2.43. The third-order valence-electron chi connectivity index (χ3n) is 4.63. The maximum absolute atomic E-state index is 12.3. The average Bonchev–Trinajstić information content (AvgIpc) is 3.00. The molecule has 0 spiro atoms. The Morgan fingerprint density at radius 2 is 1.95 bits per heavy atom. The molecule has 0 atom stereocenters. The van der Waals surface area contributed by atoms with E-state index in [1.165, 1.54) is 12.8 Å². The van der Waals surface area contributed by atoms with Gasteiger partial charge in [-0.1, -0.05) is 12.8 Å². The lowest BCUT2D eigenvalue weighted by molar-refractivity contribution is -0.126. The van der Waals surface area contributed by atoms with Gasteiger partial charge in [-0.3, -0.25) is 4.79 Å². The summed E-state index contributed by atoms with van der Waals surface area (Å²) in [4.78, 5) is 23.3. The first-order valence-corrected chi connectivity index (χ1v) is 8.07. The van der Waals surface area contributed by atoms with E-state index in [2.05, 4.69) is 20.2 Å². The van der Waals surface area contributed by atoms with Crippen molar-refractivity contribution in [1.29, 1.82) is 0 Å². The van der Waals surface area contributed by atoms with Crippen molar-refractivity contribution in [2.75, 3.05) is 18.0 Å². The molecular weight excluding hydrogens is 264 g/mol. The summed E-state index contributed by atoms with van der Waals surface area (Å²) in [6, 6.07) is 2.33. The standard InChI is InChI=1S/C16H24N4O/c1-12-6-9-17-16(18-12)20-10-7-13(8-11-20)15(21)19-14-4-2-3-5-14/h6,9,13-14H,2-5,7-8,10-11H2,1H3,(H,19,21). The van der Waals surface area contributed by atoms with Crippen molar-refractivity contribution in [3.8, 4) is 0 Å². The maximum atomic E-state index is 12.3. The summed E-state index contributed by atoms with van der Waals surface area (Å²) in [7, 11) is 0. The smallest absolute Gasteiger partial charge is 0.225 e. The third kappa shape index (κ3) is 3.52. The SMILES string of the molecule is Cc1ccnc(N2CCC(C(=O)NC3CCCC3)CC2)n1. The van der Waals surface area contributed by atoms with Crippen molar-refractivity contribution in [1.82, 2.24) is 15.3 Å². The molecule has 2 fully saturated rings. The van der Waals surface area contributed by atoms with Gasteiger partial charge in [0.1, 0.15) is 0 Å². The zero-order valence-electron chi connectivity index (χ0n) is 12.7. The second-order valence-electron chi connectivity index (χ2n) is 6.25. The molecule has 2 heterocycles. The number of carbonyl (C=O) groups is 1. The van der Waals surface area contributed by atoms with Gasteiger partial charge in [-0.05, 0) is 38.7 Å². The van der Waals surface area contributed by atoms with Gasteiger partial charge in [0.25, 0.3) is 0 Å². The molecule has 1 saturated heterocycles. The number of aryl methyl sites for hydroxylation is 1. The first-order chi connectivity index (χ1) is 10.2. The molecule has 5 nitrogen and oxygen atoms in total. The van der Waals surface area contributed by atoms with Crippen LogP contribution in [0.5, 0.6) is 0 Å². The van der Waals surface area contributed by atoms with Crippen LogP contribution in [-0.4, -0.2) is 35.0 Å². The molecule has 5 heteroatoms. The molecule has 1 aromatic heterocycles. The van der Waals surface area contributed by atoms with Crippen LogP contribution in [0.4, 0.5) is 5.95 Å². The largest absolute Gasteiger partial charge is 0.353 e. The molecule has 2 aliphatic rings. The van der Waals surface area contributed by atoms with Gasteiger partial charge in [-0.25, -0.2) is 9.97 Å². The predicted octanol–water partition coefficient (Wildman–Crippen LogP) is 2.06. The highest BCUT2D eigenvalue weighted by Crippen LogP contribution is 2.23. The maximum Gasteiger partial charge on any atom is 0.225 e. The van der Waals surface area contributed by atoms with E-state index >= 15 is 0 Å². The van der Waals surface area contributed by atoms with Crippen molar-refractivity contribution in [2.45, 2.75) is 51.5 Å². The summed E-state index contributed by atoms with van der Waals surface area (Å²) in [5.41, 5.74) is 0.987. The summed E-state index contributed by atoms with van der Waals surface area (Å²) in [6.45, 7) is 3.71. The summed E-state index contributed by atoms with van der Waals surface area (Å²) in [5, 5.41) is 3.22. The second kappa shape index (κ2) is 6.41. The number of anilines is 1. The van der Waals surface area contributed by atoms with Gasteiger partial charge in [-0.15, -0.1) is 0 Å². The molecule has 1 amide bonds. The van der Waals surface area contributed by atoms with E-state index in [0.717, 1.165) is 50.4 Å². The van der Waals surface area contributed by atoms with Crippen LogP contribution in [0.2, 0.25) is 0 Å². The predicted molar refractivity (Wildman–Crippen MR) is 82.1 cm³/mol. The average molecular weight is 288 g/mol. The molecule has 3 rings (SSSR count). The molecule has 1 saturated carbocycles. The molecule has 0 unspecified atom stereocenters. The van der Waals surface area contributed by atoms with E-state index in [-0.39, 0.29) is 11.8 Å². The minimum absolute atomic E-state index is 0.159. The van der Waals surface area contributed by atoms with Crippen LogP contribution < -0.4 is 10.2 Å². The quantitative estimate of drug-likeness (QED) is 0.925. The Labute approximate surface area is 126 Å². The molecule has 0 aromatic carbocycles. The van der Waals surface area contributed by atoms with Crippen LogP contribution in [0.1, 0.15) is 44.2 Å². The van der Waals surface area contributed by atoms with Crippen molar-refractivity contribution in [3.05, 3.63) is 18.0 Å². The Bertz CT molecular complexity index is 491. The van der Waals surface area contributed by atoms with Crippen molar-refractivity contribution in [2.24, 2.45) is 5.92 Å². The zero-order chi connectivity index (χ0) is 14.7. The van der Waals surface area contributed by atoms with E-state index < -0.39 is 0 Å². The Morgan fingerprint density at radius 3 is 2.62 bits per heavy atom. The summed E-state index contributed by atoms with van der Waals surface area (Å²) in [6.07, 6.45) is 8.42. The van der Waals surface area contributed by atoms with Crippen LogP contribution in [-0.2, 0) is 4.79 Å². The van der Waals surface area contributed by atoms with Crippen molar-refractivity contribution < 1.29 is 4.79 Å². The van der Waals surface area contributed by atoms with Crippen LogP contribution >= 0.6 is 0 Å². The Balaban J connectivity index is 1.51. The normalized spacial score (nSPS) is 20.7. The lowest BCUT2D eigenvalue weighted by atomic mass is 9.95. The minimum Gasteiger partial charge on any atom is -0.353 e. The van der Waals surface area contributed by atoms with Gasteiger partial charge in [0.15, 0.2) is 0 Å². The van der Waals surface area contributed by atoms with Gasteiger partial charge in [0.05, 0.1) is 0 Å². The zero-order valence-corrected chi connectivity index (χ0v) is 12.7. The summed E-state index contributed by atoms with van der Waals surface area (Å²) >= 11 is 0. The van der Waals surface area contributed by atoms with E-state index in [1.54, 1.807) is 6.20 Å². The van der Waals surface area contributed by atoms with E-state index in [4.69, 9.17) is 0 Å². The fraction of sp³-hybridized carbons (Fsp3) is 0.688. The topological polar surface area (TPSA) is 58.1 Å². The lowest BCUT2D eigenvalue weighted by Gasteiger charge is -2.31. The molecule has 1 aromatic rings. The van der Waals surface area contributed by atoms with Gasteiger partial charge in [-0.2, -0.15) is 0 Å². The Hall–Kier alpha value is -1.65. The molecule has 1 N–H and O–H groups in total. The second-order valence-corrected chi connectivity index (χ2v) is 6.25. The first kappa shape index (κ1) is 14.3. The van der Waals surface area contributed by atoms with Gasteiger partial charge in [0, 0.05) is 36.9 Å². The number of nitrogens with zero attached hydrogens (tertiary/aromatic N) is 3. The Morgan fingerprint density at radius 1 is 1.24 bits per heavy atom. The number of piperidine rings is 1. The molecule has 21 heavy (non-hydrogen) atoms. The summed E-state index contributed by atoms with van der Waals surface area (Å²) < 4.78 is 0. The number of aromatic nitrogens is 2. The molecule has 1 aliphatic carbocycles.